The average molecular weight is 280 g/mol. The van der Waals surface area contributed by atoms with Crippen molar-refractivity contribution in [2.75, 3.05) is 0 Å². The Bertz CT molecular complexity index is 361. The molecule has 2 saturated carbocycles. The van der Waals surface area contributed by atoms with Crippen molar-refractivity contribution < 1.29 is 19.8 Å². The highest BCUT2D eigenvalue weighted by molar-refractivity contribution is 5.99. The van der Waals surface area contributed by atoms with Gasteiger partial charge in [0, 0.05) is 0 Å². The van der Waals surface area contributed by atoms with Crippen molar-refractivity contribution in [3.63, 3.8) is 0 Å². The normalized spacial score (nSPS) is 23.2. The lowest BCUT2D eigenvalue weighted by molar-refractivity contribution is -0.137. The molecule has 2 fully saturated rings. The molecule has 20 heavy (non-hydrogen) atoms. The predicted molar refractivity (Wildman–Crippen MR) is 75.4 cm³/mol. The summed E-state index contributed by atoms with van der Waals surface area (Å²) in [6, 6.07) is 0. The minimum Gasteiger partial charge on any atom is -0.478 e. The van der Waals surface area contributed by atoms with Crippen molar-refractivity contribution in [2.24, 2.45) is 11.8 Å². The van der Waals surface area contributed by atoms with Crippen LogP contribution in [0.2, 0.25) is 0 Å². The molecular formula is C16H24O4. The summed E-state index contributed by atoms with van der Waals surface area (Å²) in [4.78, 5) is 23.3. The van der Waals surface area contributed by atoms with Crippen molar-refractivity contribution >= 4 is 11.9 Å². The molecule has 2 aliphatic carbocycles. The van der Waals surface area contributed by atoms with Crippen LogP contribution in [-0.4, -0.2) is 22.2 Å². The Kier molecular flexibility index (Phi) is 5.21. The summed E-state index contributed by atoms with van der Waals surface area (Å²) in [6.07, 6.45) is 9.62. The molecule has 0 atom stereocenters. The zero-order valence-electron chi connectivity index (χ0n) is 11.9. The van der Waals surface area contributed by atoms with E-state index in [2.05, 4.69) is 0 Å². The van der Waals surface area contributed by atoms with Gasteiger partial charge in [0.15, 0.2) is 0 Å². The van der Waals surface area contributed by atoms with E-state index in [0.29, 0.717) is 0 Å². The third-order valence-electron chi connectivity index (χ3n) is 4.78. The van der Waals surface area contributed by atoms with E-state index in [4.69, 9.17) is 0 Å². The van der Waals surface area contributed by atoms with Crippen molar-refractivity contribution in [2.45, 2.75) is 64.2 Å². The number of hydrogen-bond donors (Lipinski definition) is 2. The predicted octanol–water partition coefficient (Wildman–Crippen LogP) is 3.61. The quantitative estimate of drug-likeness (QED) is 0.771. The van der Waals surface area contributed by atoms with Gasteiger partial charge in [-0.05, 0) is 37.5 Å². The minimum atomic E-state index is -1.01. The van der Waals surface area contributed by atoms with E-state index >= 15 is 0 Å². The largest absolute Gasteiger partial charge is 0.478 e. The standard InChI is InChI=1S/C16H24O4/c17-15(18)13(11-7-3-1-4-8-11)14(16(19)20)12-9-5-2-6-10-12/h11-12H,1-10H2,(H,17,18)(H,19,20)/b14-13-. The SMILES string of the molecule is O=C(O)/C(=C(\C(=O)O)C1CCCCC1)C1CCCCC1. The summed E-state index contributed by atoms with van der Waals surface area (Å²) < 4.78 is 0. The maximum atomic E-state index is 11.7. The summed E-state index contributed by atoms with van der Waals surface area (Å²) in [7, 11) is 0. The number of hydrogen-bond acceptors (Lipinski definition) is 2. The number of rotatable bonds is 4. The molecule has 0 aliphatic heterocycles. The average Bonchev–Trinajstić information content (AvgIpc) is 2.45. The molecule has 0 unspecified atom stereocenters. The third kappa shape index (κ3) is 3.41. The Morgan fingerprint density at radius 3 is 1.15 bits per heavy atom. The maximum absolute atomic E-state index is 11.7. The topological polar surface area (TPSA) is 74.6 Å². The highest BCUT2D eigenvalue weighted by Gasteiger charge is 2.33. The molecule has 2 N–H and O–H groups in total. The fourth-order valence-electron chi connectivity index (χ4n) is 3.80. The van der Waals surface area contributed by atoms with Crippen LogP contribution in [0.1, 0.15) is 64.2 Å². The van der Waals surface area contributed by atoms with E-state index in [1.807, 2.05) is 0 Å². The third-order valence-corrected chi connectivity index (χ3v) is 4.78. The molecule has 0 aromatic rings. The zero-order valence-corrected chi connectivity index (χ0v) is 11.9. The van der Waals surface area contributed by atoms with Gasteiger partial charge >= 0.3 is 11.9 Å². The molecule has 0 heterocycles. The van der Waals surface area contributed by atoms with Gasteiger partial charge in [0.05, 0.1) is 11.1 Å². The van der Waals surface area contributed by atoms with Gasteiger partial charge in [-0.25, -0.2) is 9.59 Å². The molecule has 4 heteroatoms. The van der Waals surface area contributed by atoms with E-state index in [-0.39, 0.29) is 23.0 Å². The Balaban J connectivity index is 2.35. The summed E-state index contributed by atoms with van der Waals surface area (Å²) in [5.74, 6) is -2.15. The fraction of sp³-hybridized carbons (Fsp3) is 0.750. The van der Waals surface area contributed by atoms with Gasteiger partial charge in [0.1, 0.15) is 0 Å². The van der Waals surface area contributed by atoms with Gasteiger partial charge in [-0.2, -0.15) is 0 Å². The monoisotopic (exact) mass is 280 g/mol. The molecule has 0 saturated heterocycles. The van der Waals surface area contributed by atoms with Crippen LogP contribution in [0.4, 0.5) is 0 Å². The lowest BCUT2D eigenvalue weighted by Gasteiger charge is -2.28. The number of carbonyl (C=O) groups is 2. The number of carboxylic acids is 2. The number of aliphatic carboxylic acids is 2. The molecule has 0 aromatic heterocycles. The molecule has 0 amide bonds. The van der Waals surface area contributed by atoms with E-state index in [9.17, 15) is 19.8 Å². The highest BCUT2D eigenvalue weighted by Crippen LogP contribution is 2.37. The van der Waals surface area contributed by atoms with Crippen LogP contribution in [0.15, 0.2) is 11.1 Å². The summed E-state index contributed by atoms with van der Waals surface area (Å²) in [6.45, 7) is 0. The van der Waals surface area contributed by atoms with Crippen molar-refractivity contribution in [3.05, 3.63) is 11.1 Å². The first-order valence-electron chi connectivity index (χ1n) is 7.82. The Hall–Kier alpha value is -1.32. The van der Waals surface area contributed by atoms with Crippen molar-refractivity contribution in [1.82, 2.24) is 0 Å². The van der Waals surface area contributed by atoms with E-state index in [1.165, 1.54) is 0 Å². The molecular weight excluding hydrogens is 256 g/mol. The molecule has 0 spiro atoms. The van der Waals surface area contributed by atoms with Crippen molar-refractivity contribution in [1.29, 1.82) is 0 Å². The molecule has 0 aromatic carbocycles. The first-order chi connectivity index (χ1) is 9.61. The Labute approximate surface area is 119 Å². The second-order valence-corrected chi connectivity index (χ2v) is 6.11. The van der Waals surface area contributed by atoms with E-state index in [0.717, 1.165) is 64.2 Å². The highest BCUT2D eigenvalue weighted by atomic mass is 16.4. The van der Waals surface area contributed by atoms with Crippen LogP contribution in [-0.2, 0) is 9.59 Å². The molecule has 0 radical (unpaired) electrons. The zero-order chi connectivity index (χ0) is 14.5. The van der Waals surface area contributed by atoms with E-state index in [1.54, 1.807) is 0 Å². The van der Waals surface area contributed by atoms with E-state index < -0.39 is 11.9 Å². The maximum Gasteiger partial charge on any atom is 0.332 e. The molecule has 4 nitrogen and oxygen atoms in total. The van der Waals surface area contributed by atoms with Crippen LogP contribution >= 0.6 is 0 Å². The van der Waals surface area contributed by atoms with Gasteiger partial charge in [-0.15, -0.1) is 0 Å². The summed E-state index contributed by atoms with van der Waals surface area (Å²) >= 11 is 0. The minimum absolute atomic E-state index is 0.0609. The first kappa shape index (κ1) is 15.1. The Morgan fingerprint density at radius 1 is 0.600 bits per heavy atom. The van der Waals surface area contributed by atoms with Crippen LogP contribution in [0.25, 0.3) is 0 Å². The number of carboxylic acid groups (broad SMARTS) is 2. The van der Waals surface area contributed by atoms with Crippen LogP contribution in [0.3, 0.4) is 0 Å². The summed E-state index contributed by atoms with van der Waals surface area (Å²) in [5, 5.41) is 19.1. The molecule has 2 aliphatic rings. The van der Waals surface area contributed by atoms with Gasteiger partial charge in [0.2, 0.25) is 0 Å². The Morgan fingerprint density at radius 2 is 0.900 bits per heavy atom. The van der Waals surface area contributed by atoms with Gasteiger partial charge < -0.3 is 10.2 Å². The van der Waals surface area contributed by atoms with Crippen LogP contribution in [0, 0.1) is 11.8 Å². The van der Waals surface area contributed by atoms with Gasteiger partial charge in [-0.1, -0.05) is 38.5 Å². The molecule has 2 rings (SSSR count). The smallest absolute Gasteiger partial charge is 0.332 e. The van der Waals surface area contributed by atoms with Crippen LogP contribution in [0.5, 0.6) is 0 Å². The molecule has 112 valence electrons. The summed E-state index contributed by atoms with van der Waals surface area (Å²) in [5.41, 5.74) is 0.424. The van der Waals surface area contributed by atoms with Crippen LogP contribution < -0.4 is 0 Å². The second-order valence-electron chi connectivity index (χ2n) is 6.11. The molecule has 0 bridgehead atoms. The lowest BCUT2D eigenvalue weighted by Crippen LogP contribution is -2.25. The van der Waals surface area contributed by atoms with Gasteiger partial charge in [0.25, 0.3) is 0 Å². The van der Waals surface area contributed by atoms with Gasteiger partial charge in [-0.3, -0.25) is 0 Å². The lowest BCUT2D eigenvalue weighted by atomic mass is 9.76. The van der Waals surface area contributed by atoms with Crippen molar-refractivity contribution in [3.8, 4) is 0 Å². The second kappa shape index (κ2) is 6.91. The fourth-order valence-corrected chi connectivity index (χ4v) is 3.80. The first-order valence-corrected chi connectivity index (χ1v) is 7.82.